The largest absolute Gasteiger partial charge is 0.458 e. The smallest absolute Gasteiger partial charge is 0.256 e. The first kappa shape index (κ1) is 44.4. The van der Waals surface area contributed by atoms with Crippen LogP contribution in [0.2, 0.25) is 0 Å². The van der Waals surface area contributed by atoms with E-state index >= 15 is 0 Å². The van der Waals surface area contributed by atoms with Crippen LogP contribution in [0.4, 0.5) is 68.2 Å². The van der Waals surface area contributed by atoms with Crippen LogP contribution in [0.1, 0.15) is 11.0 Å². The van der Waals surface area contributed by atoms with Gasteiger partial charge in [-0.15, -0.1) is 0 Å². The second kappa shape index (κ2) is 20.8. The maximum atomic E-state index is 9.66. The van der Waals surface area contributed by atoms with Gasteiger partial charge in [0.15, 0.2) is 0 Å². The first-order valence-corrected chi connectivity index (χ1v) is 31.1. The van der Waals surface area contributed by atoms with E-state index in [-0.39, 0.29) is 40.6 Å². The van der Waals surface area contributed by atoms with Crippen LogP contribution in [-0.2, 0) is 0 Å². The SMILES string of the molecule is [2H]c1c([2H])c([2H])c2c(c1[2H])c1c([2H])c([2H])c([2H])c([2H])c1n2-c1cc2c3c(c1)N(c1ccccc1)c1cc4c(cc1B3c1ccccc1O2)B1c2ccccc2N(c2ccccc2)c2cc(N(c3ccccc3)c3ccccc3)cc(c21)N4c1c(-c2ccccc2)cccc1-c1ccccc1. The molecule has 0 spiro atoms. The van der Waals surface area contributed by atoms with Crippen LogP contribution in [0.5, 0.6) is 11.5 Å². The van der Waals surface area contributed by atoms with Crippen molar-refractivity contribution in [2.45, 2.75) is 0 Å². The standard InChI is InChI=1S/C84H55B2N5O/c1-7-28-56(29-8-1)64-42-27-43-65(57-30-9-2-10-31-57)84(64)91-76-55-75-70(86-69-45-22-26-49-80(69)92-81-53-63(52-79(83(81)86)89(75)61-38-17-6-18-39-61)90-72-46-23-19-40-66(72)67-41-20-24-47-73(67)90)54-71(76)85-68-44-21-25-48-74(68)88(60-36-15-5-16-37-60)77-50-62(51-78(91)82(77)85)87(58-32-11-3-12-33-58)59-34-13-4-14-35-59/h1-55H/i19D,20D,23D,24D,40D,41D,46D,47D. The van der Waals surface area contributed by atoms with E-state index in [2.05, 4.69) is 262 Å². The lowest BCUT2D eigenvalue weighted by molar-refractivity contribution is 0.487. The Morgan fingerprint density at radius 2 is 0.783 bits per heavy atom. The third kappa shape index (κ3) is 7.90. The molecule has 0 fully saturated rings. The number of rotatable bonds is 9. The Hall–Kier alpha value is -12.0. The zero-order chi connectivity index (χ0) is 67.3. The van der Waals surface area contributed by atoms with Crippen molar-refractivity contribution in [2.24, 2.45) is 0 Å². The first-order chi connectivity index (χ1) is 49.0. The molecular formula is C84H55B2N5O. The number of hydrogen-bond acceptors (Lipinski definition) is 5. The predicted molar refractivity (Wildman–Crippen MR) is 386 cm³/mol. The molecule has 0 bridgehead atoms. The highest BCUT2D eigenvalue weighted by molar-refractivity contribution is 7.02. The van der Waals surface area contributed by atoms with Crippen LogP contribution in [-0.4, -0.2) is 18.0 Å². The van der Waals surface area contributed by atoms with Crippen molar-refractivity contribution >= 4 is 136 Å². The zero-order valence-corrected chi connectivity index (χ0v) is 49.4. The van der Waals surface area contributed by atoms with Gasteiger partial charge in [-0.05, 0) is 141 Å². The monoisotopic (exact) mass is 1180 g/mol. The summed E-state index contributed by atoms with van der Waals surface area (Å²) >= 11 is 0. The fourth-order valence-electron chi connectivity index (χ4n) is 15.1. The molecule has 4 aliphatic rings. The molecule has 0 atom stereocenters. The average Bonchev–Trinajstić information content (AvgIpc) is 0.754. The fraction of sp³-hybridized carbons (Fsp3) is 0. The molecule has 14 aromatic carbocycles. The van der Waals surface area contributed by atoms with Crippen LogP contribution < -0.4 is 57.1 Å². The molecule has 0 radical (unpaired) electrons. The summed E-state index contributed by atoms with van der Waals surface area (Å²) in [5, 5.41) is -0.0193. The summed E-state index contributed by atoms with van der Waals surface area (Å²) in [6.45, 7) is -0.814. The number of benzene rings is 14. The number of fused-ring (bicyclic) bond motifs is 11. The van der Waals surface area contributed by atoms with Gasteiger partial charge in [0.1, 0.15) is 11.5 Å². The zero-order valence-electron chi connectivity index (χ0n) is 57.4. The quantitative estimate of drug-likeness (QED) is 0.134. The summed E-state index contributed by atoms with van der Waals surface area (Å²) in [4.78, 5) is 9.63. The maximum Gasteiger partial charge on any atom is 0.256 e. The van der Waals surface area contributed by atoms with E-state index in [0.717, 1.165) is 118 Å². The van der Waals surface area contributed by atoms with Crippen LogP contribution in [0.3, 0.4) is 0 Å². The van der Waals surface area contributed by atoms with Gasteiger partial charge in [-0.25, -0.2) is 0 Å². The Kier molecular flexibility index (Phi) is 10.1. The molecule has 15 aromatic rings. The summed E-state index contributed by atoms with van der Waals surface area (Å²) in [5.74, 6) is 1.10. The third-order valence-corrected chi connectivity index (χ3v) is 18.8. The molecule has 0 saturated heterocycles. The molecule has 4 aliphatic heterocycles. The van der Waals surface area contributed by atoms with Gasteiger partial charge < -0.3 is 28.9 Å². The lowest BCUT2D eigenvalue weighted by atomic mass is 9.30. The summed E-state index contributed by atoms with van der Waals surface area (Å²) in [6.07, 6.45) is 0. The van der Waals surface area contributed by atoms with E-state index < -0.39 is 43.0 Å². The van der Waals surface area contributed by atoms with E-state index in [0.29, 0.717) is 22.9 Å². The highest BCUT2D eigenvalue weighted by Crippen LogP contribution is 2.54. The minimum atomic E-state index is -0.510. The average molecular weight is 1180 g/mol. The normalized spacial score (nSPS) is 14.2. The van der Waals surface area contributed by atoms with E-state index in [1.54, 1.807) is 4.57 Å². The van der Waals surface area contributed by atoms with Crippen molar-refractivity contribution in [3.8, 4) is 39.4 Å². The number of anilines is 12. The Morgan fingerprint density at radius 1 is 0.315 bits per heavy atom. The first-order valence-electron chi connectivity index (χ1n) is 35.1. The van der Waals surface area contributed by atoms with Gasteiger partial charge >= 0.3 is 0 Å². The van der Waals surface area contributed by atoms with E-state index in [1.807, 2.05) is 42.5 Å². The van der Waals surface area contributed by atoms with Crippen molar-refractivity contribution in [3.63, 3.8) is 0 Å². The molecule has 8 heteroatoms. The molecule has 0 unspecified atom stereocenters. The van der Waals surface area contributed by atoms with Crippen LogP contribution in [0.15, 0.2) is 333 Å². The molecule has 6 nitrogen and oxygen atoms in total. The third-order valence-electron chi connectivity index (χ3n) is 18.8. The van der Waals surface area contributed by atoms with Gasteiger partial charge in [-0.3, -0.25) is 0 Å². The van der Waals surface area contributed by atoms with E-state index in [4.69, 9.17) is 10.2 Å². The molecule has 428 valence electrons. The van der Waals surface area contributed by atoms with Gasteiger partial charge in [-0.2, -0.15) is 0 Å². The molecule has 0 saturated carbocycles. The minimum absolute atomic E-state index is 0.00966. The molecule has 0 aliphatic carbocycles. The highest BCUT2D eigenvalue weighted by atomic mass is 16.5. The lowest BCUT2D eigenvalue weighted by Gasteiger charge is -2.47. The summed E-state index contributed by atoms with van der Waals surface area (Å²) in [5.41, 5.74) is 21.9. The van der Waals surface area contributed by atoms with Crippen molar-refractivity contribution in [3.05, 3.63) is 333 Å². The molecule has 1 aromatic heterocycles. The molecule has 0 amide bonds. The number of aromatic nitrogens is 1. The predicted octanol–water partition coefficient (Wildman–Crippen LogP) is 18.1. The topological polar surface area (TPSA) is 27.1 Å². The number of hydrogen-bond donors (Lipinski definition) is 0. The second-order valence-corrected chi connectivity index (χ2v) is 23.7. The number of para-hydroxylation sites is 9. The molecule has 92 heavy (non-hydrogen) atoms. The van der Waals surface area contributed by atoms with Crippen LogP contribution in [0.25, 0.3) is 49.7 Å². The maximum absolute atomic E-state index is 9.66. The number of nitrogens with zero attached hydrogens (tertiary/aromatic N) is 5. The van der Waals surface area contributed by atoms with Gasteiger partial charge in [0.2, 0.25) is 0 Å². The lowest BCUT2D eigenvalue weighted by Crippen LogP contribution is -2.64. The Morgan fingerprint density at radius 3 is 1.38 bits per heavy atom. The summed E-state index contributed by atoms with van der Waals surface area (Å²) < 4.78 is 83.1. The van der Waals surface area contributed by atoms with E-state index in [9.17, 15) is 5.48 Å². The van der Waals surface area contributed by atoms with Gasteiger partial charge in [0.05, 0.1) is 39.1 Å². The van der Waals surface area contributed by atoms with Gasteiger partial charge in [0.25, 0.3) is 13.4 Å². The Bertz CT molecular complexity index is 5740. The highest BCUT2D eigenvalue weighted by Gasteiger charge is 2.49. The van der Waals surface area contributed by atoms with Crippen molar-refractivity contribution in [1.29, 1.82) is 0 Å². The van der Waals surface area contributed by atoms with Crippen LogP contribution in [0, 0.1) is 0 Å². The minimum Gasteiger partial charge on any atom is -0.458 e. The molecular weight excluding hydrogens is 1120 g/mol. The second-order valence-electron chi connectivity index (χ2n) is 23.7. The van der Waals surface area contributed by atoms with Gasteiger partial charge in [-0.1, -0.05) is 230 Å². The van der Waals surface area contributed by atoms with Crippen molar-refractivity contribution < 1.29 is 15.7 Å². The summed E-state index contributed by atoms with van der Waals surface area (Å²) in [6, 6.07) is 97.0. The van der Waals surface area contributed by atoms with Crippen molar-refractivity contribution in [2.75, 3.05) is 19.6 Å². The van der Waals surface area contributed by atoms with Crippen molar-refractivity contribution in [1.82, 2.24) is 4.57 Å². The van der Waals surface area contributed by atoms with E-state index in [1.165, 1.54) is 0 Å². The van der Waals surface area contributed by atoms with Crippen LogP contribution >= 0.6 is 0 Å². The molecule has 19 rings (SSSR count). The molecule has 0 N–H and O–H groups in total. The fourth-order valence-corrected chi connectivity index (χ4v) is 15.1. The Labute approximate surface area is 546 Å². The summed E-state index contributed by atoms with van der Waals surface area (Å²) in [7, 11) is 0. The van der Waals surface area contributed by atoms with Gasteiger partial charge in [0, 0.05) is 84.8 Å². The number of ether oxygens (including phenoxy) is 1. The molecule has 5 heterocycles. The Balaban J connectivity index is 0.979.